The van der Waals surface area contributed by atoms with Crippen LogP contribution in [0, 0.1) is 0 Å². The van der Waals surface area contributed by atoms with Crippen LogP contribution in [0.3, 0.4) is 0 Å². The van der Waals surface area contributed by atoms with E-state index in [1.54, 1.807) is 18.3 Å². The summed E-state index contributed by atoms with van der Waals surface area (Å²) in [6, 6.07) is 8.27. The molecule has 1 aromatic carbocycles. The number of alkyl halides is 3. The maximum absolute atomic E-state index is 12.7. The topological polar surface area (TPSA) is 38.9 Å². The molecule has 0 saturated carbocycles. The van der Waals surface area contributed by atoms with E-state index in [1.165, 1.54) is 17.8 Å². The van der Waals surface area contributed by atoms with E-state index in [0.717, 1.165) is 21.6 Å². The molecule has 1 unspecified atom stereocenters. The van der Waals surface area contributed by atoms with Crippen LogP contribution in [0.2, 0.25) is 0 Å². The van der Waals surface area contributed by atoms with Crippen molar-refractivity contribution in [3.8, 4) is 0 Å². The summed E-state index contributed by atoms with van der Waals surface area (Å²) in [5, 5.41) is 0.764. The summed E-state index contributed by atoms with van der Waals surface area (Å²) >= 11 is 4.77. The van der Waals surface area contributed by atoms with Crippen LogP contribution in [0.25, 0.3) is 0 Å². The summed E-state index contributed by atoms with van der Waals surface area (Å²) in [7, 11) is 0. The second-order valence-corrected chi connectivity index (χ2v) is 6.19. The van der Waals surface area contributed by atoms with Gasteiger partial charge in [-0.2, -0.15) is 13.2 Å². The Morgan fingerprint density at radius 2 is 2.00 bits per heavy atom. The molecule has 21 heavy (non-hydrogen) atoms. The summed E-state index contributed by atoms with van der Waals surface area (Å²) < 4.78 is 38.9. The largest absolute Gasteiger partial charge is 0.416 e. The quantitative estimate of drug-likeness (QED) is 0.788. The highest BCUT2D eigenvalue weighted by atomic mass is 79.9. The van der Waals surface area contributed by atoms with Gasteiger partial charge in [-0.15, -0.1) is 11.8 Å². The van der Waals surface area contributed by atoms with Crippen molar-refractivity contribution >= 4 is 27.7 Å². The average molecular weight is 377 g/mol. The van der Waals surface area contributed by atoms with Crippen LogP contribution in [0.4, 0.5) is 13.2 Å². The van der Waals surface area contributed by atoms with Crippen LogP contribution in [0.5, 0.6) is 0 Å². The van der Waals surface area contributed by atoms with Crippen molar-refractivity contribution in [1.29, 1.82) is 0 Å². The summed E-state index contributed by atoms with van der Waals surface area (Å²) in [6.45, 7) is 0. The number of pyridine rings is 1. The van der Waals surface area contributed by atoms with Crippen LogP contribution >= 0.6 is 27.7 Å². The maximum atomic E-state index is 12.7. The van der Waals surface area contributed by atoms with Crippen LogP contribution in [-0.4, -0.2) is 10.7 Å². The molecule has 2 rings (SSSR count). The number of benzene rings is 1. The molecule has 2 aromatic rings. The number of hydrogen-bond acceptors (Lipinski definition) is 3. The smallest absolute Gasteiger partial charge is 0.323 e. The molecule has 0 fully saturated rings. The molecule has 2 N–H and O–H groups in total. The Morgan fingerprint density at radius 1 is 1.24 bits per heavy atom. The summed E-state index contributed by atoms with van der Waals surface area (Å²) in [5.41, 5.74) is 5.76. The zero-order valence-corrected chi connectivity index (χ0v) is 13.2. The molecule has 1 aromatic heterocycles. The van der Waals surface area contributed by atoms with E-state index in [0.29, 0.717) is 11.3 Å². The Labute approximate surface area is 133 Å². The fourth-order valence-corrected chi connectivity index (χ4v) is 3.16. The highest BCUT2D eigenvalue weighted by Crippen LogP contribution is 2.32. The van der Waals surface area contributed by atoms with E-state index >= 15 is 0 Å². The lowest BCUT2D eigenvalue weighted by Crippen LogP contribution is -2.14. The molecule has 1 heterocycles. The molecule has 0 bridgehead atoms. The fourth-order valence-electron chi connectivity index (χ4n) is 1.69. The molecule has 2 nitrogen and oxygen atoms in total. The van der Waals surface area contributed by atoms with Crippen molar-refractivity contribution in [2.24, 2.45) is 5.73 Å². The van der Waals surface area contributed by atoms with Crippen LogP contribution < -0.4 is 5.73 Å². The van der Waals surface area contributed by atoms with Gasteiger partial charge in [0.2, 0.25) is 0 Å². The minimum Gasteiger partial charge on any atom is -0.323 e. The Balaban J connectivity index is 2.07. The van der Waals surface area contributed by atoms with Crippen molar-refractivity contribution in [1.82, 2.24) is 4.98 Å². The van der Waals surface area contributed by atoms with E-state index in [1.807, 2.05) is 6.07 Å². The molecular weight excluding hydrogens is 365 g/mol. The highest BCUT2D eigenvalue weighted by molar-refractivity contribution is 9.10. The Bertz CT molecular complexity index is 619. The number of rotatable bonds is 4. The van der Waals surface area contributed by atoms with E-state index in [-0.39, 0.29) is 0 Å². The zero-order chi connectivity index (χ0) is 15.5. The third-order valence-corrected chi connectivity index (χ3v) is 4.79. The Kier molecular flexibility index (Phi) is 5.29. The number of aromatic nitrogens is 1. The number of thioether (sulfide) groups is 1. The monoisotopic (exact) mass is 376 g/mol. The molecule has 0 spiro atoms. The predicted octanol–water partition coefficient (Wildman–Crippen LogP) is 4.66. The average Bonchev–Trinajstić information content (AvgIpc) is 2.45. The van der Waals surface area contributed by atoms with E-state index in [2.05, 4.69) is 20.9 Å². The number of nitrogens with two attached hydrogens (primary N) is 1. The minimum atomic E-state index is -4.35. The van der Waals surface area contributed by atoms with Gasteiger partial charge in [-0.3, -0.25) is 0 Å². The second kappa shape index (κ2) is 6.81. The van der Waals surface area contributed by atoms with Gasteiger partial charge in [-0.1, -0.05) is 12.1 Å². The third-order valence-electron chi connectivity index (χ3n) is 2.77. The SMILES string of the molecule is NC(CSc1ncccc1Br)c1cccc(C(F)(F)F)c1. The maximum Gasteiger partial charge on any atom is 0.416 e. The molecule has 112 valence electrons. The van der Waals surface area contributed by atoms with Gasteiger partial charge in [0.1, 0.15) is 5.03 Å². The van der Waals surface area contributed by atoms with Gasteiger partial charge in [0, 0.05) is 22.5 Å². The molecule has 0 aliphatic carbocycles. The molecule has 0 radical (unpaired) electrons. The molecule has 0 saturated heterocycles. The Hall–Kier alpha value is -1.05. The van der Waals surface area contributed by atoms with Gasteiger partial charge in [0.05, 0.1) is 5.56 Å². The molecule has 7 heteroatoms. The predicted molar refractivity (Wildman–Crippen MR) is 81.0 cm³/mol. The van der Waals surface area contributed by atoms with Crippen molar-refractivity contribution in [3.63, 3.8) is 0 Å². The first-order valence-corrected chi connectivity index (χ1v) is 7.82. The number of nitrogens with zero attached hydrogens (tertiary/aromatic N) is 1. The molecule has 0 aliphatic rings. The number of hydrogen-bond donors (Lipinski definition) is 1. The van der Waals surface area contributed by atoms with E-state index in [9.17, 15) is 13.2 Å². The molecular formula is C14H12BrF3N2S. The first-order valence-electron chi connectivity index (χ1n) is 6.04. The lowest BCUT2D eigenvalue weighted by atomic mass is 10.1. The first-order chi connectivity index (χ1) is 9.88. The van der Waals surface area contributed by atoms with Crippen molar-refractivity contribution < 1.29 is 13.2 Å². The van der Waals surface area contributed by atoms with Gasteiger partial charge in [-0.25, -0.2) is 4.98 Å². The molecule has 0 aliphatic heterocycles. The van der Waals surface area contributed by atoms with Crippen molar-refractivity contribution in [2.75, 3.05) is 5.75 Å². The van der Waals surface area contributed by atoms with Crippen LogP contribution in [0.1, 0.15) is 17.2 Å². The lowest BCUT2D eigenvalue weighted by molar-refractivity contribution is -0.137. The second-order valence-electron chi connectivity index (χ2n) is 4.33. The summed E-state index contributed by atoms with van der Waals surface area (Å²) in [6.07, 6.45) is -2.70. The van der Waals surface area contributed by atoms with Gasteiger partial charge >= 0.3 is 6.18 Å². The van der Waals surface area contributed by atoms with Crippen molar-refractivity contribution in [3.05, 3.63) is 58.2 Å². The lowest BCUT2D eigenvalue weighted by Gasteiger charge is -2.14. The molecule has 1 atom stereocenters. The number of halogens is 4. The van der Waals surface area contributed by atoms with Gasteiger partial charge < -0.3 is 5.73 Å². The fraction of sp³-hybridized carbons (Fsp3) is 0.214. The van der Waals surface area contributed by atoms with E-state index < -0.39 is 17.8 Å². The van der Waals surface area contributed by atoms with Crippen molar-refractivity contribution in [2.45, 2.75) is 17.2 Å². The van der Waals surface area contributed by atoms with Gasteiger partial charge in [-0.05, 0) is 45.8 Å². The molecule has 0 amide bonds. The zero-order valence-electron chi connectivity index (χ0n) is 10.8. The normalized spacial score (nSPS) is 13.2. The first kappa shape index (κ1) is 16.3. The van der Waals surface area contributed by atoms with Gasteiger partial charge in [0.15, 0.2) is 0 Å². The highest BCUT2D eigenvalue weighted by Gasteiger charge is 2.30. The van der Waals surface area contributed by atoms with Crippen LogP contribution in [-0.2, 0) is 6.18 Å². The summed E-state index contributed by atoms with van der Waals surface area (Å²) in [5.74, 6) is 0.441. The van der Waals surface area contributed by atoms with Crippen LogP contribution in [0.15, 0.2) is 52.1 Å². The minimum absolute atomic E-state index is 0.441. The summed E-state index contributed by atoms with van der Waals surface area (Å²) in [4.78, 5) is 4.18. The van der Waals surface area contributed by atoms with Gasteiger partial charge in [0.25, 0.3) is 0 Å². The van der Waals surface area contributed by atoms with E-state index in [4.69, 9.17) is 5.73 Å². The third kappa shape index (κ3) is 4.46. The Morgan fingerprint density at radius 3 is 2.67 bits per heavy atom. The standard InChI is InChI=1S/C14H12BrF3N2S/c15-11-5-2-6-20-13(11)21-8-12(19)9-3-1-4-10(7-9)14(16,17)18/h1-7,12H,8,19H2.